The smallest absolute Gasteiger partial charge is 0.310 e. The lowest BCUT2D eigenvalue weighted by molar-refractivity contribution is -0.385. The average molecular weight is 224 g/mol. The zero-order chi connectivity index (χ0) is 12.3. The quantitative estimate of drug-likeness (QED) is 0.470. The summed E-state index contributed by atoms with van der Waals surface area (Å²) in [7, 11) is 1.31. The van der Waals surface area contributed by atoms with E-state index in [1.54, 1.807) is 6.92 Å². The molecule has 1 aromatic rings. The van der Waals surface area contributed by atoms with Gasteiger partial charge in [0.15, 0.2) is 11.5 Å². The maximum Gasteiger partial charge on any atom is 0.310 e. The summed E-state index contributed by atoms with van der Waals surface area (Å²) < 4.78 is 4.84. The van der Waals surface area contributed by atoms with E-state index in [0.29, 0.717) is 5.56 Å². The van der Waals surface area contributed by atoms with Crippen molar-refractivity contribution in [2.45, 2.75) is 13.0 Å². The molecule has 1 aromatic carbocycles. The number of methoxy groups -OCH3 is 1. The molecular weight excluding hydrogens is 212 g/mol. The molecule has 0 saturated heterocycles. The van der Waals surface area contributed by atoms with E-state index in [2.05, 4.69) is 0 Å². The Hall–Kier alpha value is -1.95. The van der Waals surface area contributed by atoms with Gasteiger partial charge in [-0.1, -0.05) is 0 Å². The van der Waals surface area contributed by atoms with Gasteiger partial charge < -0.3 is 10.5 Å². The molecular formula is C10H12N2O4. The van der Waals surface area contributed by atoms with Gasteiger partial charge in [0.2, 0.25) is 0 Å². The molecule has 0 aliphatic rings. The molecule has 1 rings (SSSR count). The van der Waals surface area contributed by atoms with Crippen LogP contribution in [0.5, 0.6) is 5.75 Å². The fourth-order valence-electron chi connectivity index (χ4n) is 1.24. The second-order valence-corrected chi connectivity index (χ2v) is 3.30. The molecule has 6 heteroatoms. The number of benzene rings is 1. The standard InChI is InChI=1S/C10H12N2O4/c1-6(11)10(13)7-3-4-8(12(14)15)9(5-7)16-2/h3-6H,11H2,1-2H3. The maximum absolute atomic E-state index is 11.5. The Labute approximate surface area is 92.2 Å². The Morgan fingerprint density at radius 1 is 1.56 bits per heavy atom. The minimum absolute atomic E-state index is 0.0523. The fraction of sp³-hybridized carbons (Fsp3) is 0.300. The van der Waals surface area contributed by atoms with Crippen molar-refractivity contribution in [1.82, 2.24) is 0 Å². The van der Waals surface area contributed by atoms with Crippen LogP contribution in [0.25, 0.3) is 0 Å². The highest BCUT2D eigenvalue weighted by molar-refractivity contribution is 6.00. The largest absolute Gasteiger partial charge is 0.490 e. The van der Waals surface area contributed by atoms with Crippen LogP contribution in [0.4, 0.5) is 5.69 Å². The van der Waals surface area contributed by atoms with Crippen LogP contribution >= 0.6 is 0 Å². The topological polar surface area (TPSA) is 95.5 Å². The van der Waals surface area contributed by atoms with Crippen LogP contribution in [0.1, 0.15) is 17.3 Å². The summed E-state index contributed by atoms with van der Waals surface area (Å²) >= 11 is 0. The maximum atomic E-state index is 11.5. The second kappa shape index (κ2) is 4.71. The molecule has 0 amide bonds. The van der Waals surface area contributed by atoms with Crippen LogP contribution in [-0.4, -0.2) is 23.9 Å². The van der Waals surface area contributed by atoms with Crippen LogP contribution in [0.3, 0.4) is 0 Å². The Morgan fingerprint density at radius 2 is 2.19 bits per heavy atom. The molecule has 0 saturated carbocycles. The number of Topliss-reactive ketones (excluding diaryl/α,β-unsaturated/α-hetero) is 1. The van der Waals surface area contributed by atoms with E-state index >= 15 is 0 Å². The van der Waals surface area contributed by atoms with Gasteiger partial charge in [-0.25, -0.2) is 0 Å². The molecule has 0 aliphatic carbocycles. The number of hydrogen-bond donors (Lipinski definition) is 1. The van der Waals surface area contributed by atoms with Crippen LogP contribution in [-0.2, 0) is 0 Å². The molecule has 0 fully saturated rings. The normalized spacial score (nSPS) is 11.9. The minimum atomic E-state index is -0.647. The molecule has 0 spiro atoms. The van der Waals surface area contributed by atoms with Crippen molar-refractivity contribution in [3.63, 3.8) is 0 Å². The molecule has 86 valence electrons. The number of carbonyl (C=O) groups excluding carboxylic acids is 1. The molecule has 2 N–H and O–H groups in total. The zero-order valence-electron chi connectivity index (χ0n) is 8.97. The van der Waals surface area contributed by atoms with Gasteiger partial charge in [0.1, 0.15) is 0 Å². The molecule has 0 aliphatic heterocycles. The monoisotopic (exact) mass is 224 g/mol. The number of carbonyl (C=O) groups is 1. The van der Waals surface area contributed by atoms with E-state index in [9.17, 15) is 14.9 Å². The summed E-state index contributed by atoms with van der Waals surface area (Å²) in [6, 6.07) is 3.27. The second-order valence-electron chi connectivity index (χ2n) is 3.30. The molecule has 0 bridgehead atoms. The van der Waals surface area contributed by atoms with Crippen molar-refractivity contribution >= 4 is 11.5 Å². The SMILES string of the molecule is COc1cc(C(=O)C(C)N)ccc1[N+](=O)[O-]. The molecule has 0 aromatic heterocycles. The summed E-state index contributed by atoms with van der Waals surface area (Å²) in [6.45, 7) is 1.55. The fourth-order valence-corrected chi connectivity index (χ4v) is 1.24. The lowest BCUT2D eigenvalue weighted by Gasteiger charge is -2.06. The molecule has 16 heavy (non-hydrogen) atoms. The third kappa shape index (κ3) is 2.34. The highest BCUT2D eigenvalue weighted by Crippen LogP contribution is 2.27. The molecule has 1 unspecified atom stereocenters. The number of nitrogens with zero attached hydrogens (tertiary/aromatic N) is 1. The number of ketones is 1. The molecule has 1 atom stereocenters. The lowest BCUT2D eigenvalue weighted by atomic mass is 10.1. The number of rotatable bonds is 4. The highest BCUT2D eigenvalue weighted by Gasteiger charge is 2.18. The summed E-state index contributed by atoms with van der Waals surface area (Å²) in [5, 5.41) is 10.6. The third-order valence-corrected chi connectivity index (χ3v) is 2.07. The van der Waals surface area contributed by atoms with E-state index in [4.69, 9.17) is 10.5 Å². The van der Waals surface area contributed by atoms with Gasteiger partial charge >= 0.3 is 5.69 Å². The van der Waals surface area contributed by atoms with E-state index in [0.717, 1.165) is 0 Å². The number of ether oxygens (including phenoxy) is 1. The lowest BCUT2D eigenvalue weighted by Crippen LogP contribution is -2.26. The Morgan fingerprint density at radius 3 is 2.62 bits per heavy atom. The Bertz CT molecular complexity index is 429. The third-order valence-electron chi connectivity index (χ3n) is 2.07. The number of hydrogen-bond acceptors (Lipinski definition) is 5. The molecule has 0 heterocycles. The van der Waals surface area contributed by atoms with E-state index < -0.39 is 11.0 Å². The van der Waals surface area contributed by atoms with E-state index in [1.807, 2.05) is 0 Å². The average Bonchev–Trinajstić information content (AvgIpc) is 2.26. The van der Waals surface area contributed by atoms with Crippen LogP contribution < -0.4 is 10.5 Å². The highest BCUT2D eigenvalue weighted by atomic mass is 16.6. The molecule has 0 radical (unpaired) electrons. The van der Waals surface area contributed by atoms with Crippen molar-refractivity contribution < 1.29 is 14.5 Å². The zero-order valence-corrected chi connectivity index (χ0v) is 8.97. The van der Waals surface area contributed by atoms with Crippen molar-refractivity contribution in [1.29, 1.82) is 0 Å². The van der Waals surface area contributed by atoms with Crippen molar-refractivity contribution in [3.8, 4) is 5.75 Å². The van der Waals surface area contributed by atoms with Crippen molar-refractivity contribution in [2.24, 2.45) is 5.73 Å². The van der Waals surface area contributed by atoms with Gasteiger partial charge in [-0.05, 0) is 19.1 Å². The summed E-state index contributed by atoms with van der Waals surface area (Å²) in [5.41, 5.74) is 5.56. The van der Waals surface area contributed by atoms with Crippen LogP contribution in [0.15, 0.2) is 18.2 Å². The number of nitro benzene ring substituents is 1. The number of nitro groups is 1. The van der Waals surface area contributed by atoms with Crippen molar-refractivity contribution in [2.75, 3.05) is 7.11 Å². The summed E-state index contributed by atoms with van der Waals surface area (Å²) in [6.07, 6.45) is 0. The summed E-state index contributed by atoms with van der Waals surface area (Å²) in [4.78, 5) is 21.6. The Balaban J connectivity index is 3.19. The van der Waals surface area contributed by atoms with Crippen LogP contribution in [0, 0.1) is 10.1 Å². The first-order chi connectivity index (χ1) is 7.47. The predicted molar refractivity (Wildman–Crippen MR) is 57.6 cm³/mol. The first-order valence-electron chi connectivity index (χ1n) is 4.59. The predicted octanol–water partition coefficient (Wildman–Crippen LogP) is 1.13. The van der Waals surface area contributed by atoms with E-state index in [1.165, 1.54) is 25.3 Å². The van der Waals surface area contributed by atoms with Gasteiger partial charge in [-0.2, -0.15) is 0 Å². The van der Waals surface area contributed by atoms with Crippen molar-refractivity contribution in [3.05, 3.63) is 33.9 Å². The van der Waals surface area contributed by atoms with Gasteiger partial charge in [0.25, 0.3) is 0 Å². The molecule has 6 nitrogen and oxygen atoms in total. The van der Waals surface area contributed by atoms with Gasteiger partial charge in [0.05, 0.1) is 18.1 Å². The van der Waals surface area contributed by atoms with E-state index in [-0.39, 0.29) is 17.2 Å². The van der Waals surface area contributed by atoms with Gasteiger partial charge in [-0.15, -0.1) is 0 Å². The van der Waals surface area contributed by atoms with Gasteiger partial charge in [0, 0.05) is 11.6 Å². The summed E-state index contributed by atoms with van der Waals surface area (Å²) in [5.74, 6) is -0.232. The first kappa shape index (κ1) is 12.1. The van der Waals surface area contributed by atoms with Crippen LogP contribution in [0.2, 0.25) is 0 Å². The number of nitrogens with two attached hydrogens (primary N) is 1. The first-order valence-corrected chi connectivity index (χ1v) is 4.59. The van der Waals surface area contributed by atoms with Gasteiger partial charge in [-0.3, -0.25) is 14.9 Å². The minimum Gasteiger partial charge on any atom is -0.490 e. The Kier molecular flexibility index (Phi) is 3.57.